The fourth-order valence-corrected chi connectivity index (χ4v) is 5.99. The Balaban J connectivity index is 1.08. The van der Waals surface area contributed by atoms with Crippen LogP contribution in [-0.4, -0.2) is 78.1 Å². The van der Waals surface area contributed by atoms with Crippen molar-refractivity contribution in [3.05, 3.63) is 48.6 Å². The molecule has 0 radical (unpaired) electrons. The van der Waals surface area contributed by atoms with E-state index in [2.05, 4.69) is 46.3 Å². The van der Waals surface area contributed by atoms with Gasteiger partial charge in [0.1, 0.15) is 30.3 Å². The van der Waals surface area contributed by atoms with E-state index >= 15 is 0 Å². The first-order chi connectivity index (χ1) is 20.8. The molecule has 15 heteroatoms. The number of rotatable bonds is 10. The summed E-state index contributed by atoms with van der Waals surface area (Å²) in [5, 5.41) is 17.9. The molecule has 6 rings (SSSR count). The molecule has 0 amide bonds. The first-order valence-electron chi connectivity index (χ1n) is 14.1. The van der Waals surface area contributed by atoms with Crippen LogP contribution in [-0.2, 0) is 18.3 Å². The van der Waals surface area contributed by atoms with E-state index < -0.39 is 24.2 Å². The molecule has 4 aromatic rings. The van der Waals surface area contributed by atoms with Crippen molar-refractivity contribution in [2.75, 3.05) is 26.3 Å². The monoisotopic (exact) mass is 598 g/mol. The summed E-state index contributed by atoms with van der Waals surface area (Å²) in [4.78, 5) is 21.3. The standard InChI is InChI=1S/C28H30F4N10O/c29-7-10-34-13-19-11-23(40-26(39-19)28(30,31)32)43-21-3-1-20(2-4-21)41-15-27(16-41,6-8-33)42-14-18(12-38-42)24-22-5-9-35-25(22)37-17-36-24/h5,9,11-12,14,17,20-21,34H,1-4,6-7,10,13,15-16H2,(H,35,36,37). The smallest absolute Gasteiger partial charge is 0.451 e. The van der Waals surface area contributed by atoms with E-state index in [9.17, 15) is 22.8 Å². The van der Waals surface area contributed by atoms with Gasteiger partial charge in [-0.15, -0.1) is 0 Å². The summed E-state index contributed by atoms with van der Waals surface area (Å²) in [5.41, 5.74) is 2.00. The lowest BCUT2D eigenvalue weighted by Gasteiger charge is -2.53. The Morgan fingerprint density at radius 3 is 2.72 bits per heavy atom. The van der Waals surface area contributed by atoms with Crippen molar-refractivity contribution < 1.29 is 22.3 Å². The van der Waals surface area contributed by atoms with Crippen LogP contribution < -0.4 is 10.1 Å². The summed E-state index contributed by atoms with van der Waals surface area (Å²) in [6.45, 7) is 0.681. The number of aromatic amines is 1. The van der Waals surface area contributed by atoms with Gasteiger partial charge < -0.3 is 15.0 Å². The van der Waals surface area contributed by atoms with Crippen molar-refractivity contribution in [3.8, 4) is 23.2 Å². The van der Waals surface area contributed by atoms with Crippen LogP contribution in [0.15, 0.2) is 37.1 Å². The van der Waals surface area contributed by atoms with Crippen LogP contribution in [0, 0.1) is 11.3 Å². The first kappa shape index (κ1) is 28.9. The molecule has 2 N–H and O–H groups in total. The van der Waals surface area contributed by atoms with Crippen LogP contribution in [0.5, 0.6) is 5.88 Å². The molecule has 5 heterocycles. The Labute approximate surface area is 244 Å². The number of likely N-dealkylation sites (tertiary alicyclic amines) is 1. The zero-order valence-corrected chi connectivity index (χ0v) is 23.2. The van der Waals surface area contributed by atoms with E-state index in [1.165, 1.54) is 12.4 Å². The van der Waals surface area contributed by atoms with Gasteiger partial charge in [-0.25, -0.2) is 19.3 Å². The predicted octanol–water partition coefficient (Wildman–Crippen LogP) is 4.00. The van der Waals surface area contributed by atoms with E-state index in [4.69, 9.17) is 4.74 Å². The lowest BCUT2D eigenvalue weighted by Crippen LogP contribution is -2.65. The molecule has 226 valence electrons. The maximum Gasteiger partial charge on any atom is 0.451 e. The second-order valence-corrected chi connectivity index (χ2v) is 11.0. The number of alkyl halides is 4. The molecular formula is C28H30F4N10O. The molecular weight excluding hydrogens is 568 g/mol. The maximum atomic E-state index is 13.4. The normalized spacial score (nSPS) is 20.5. The fourth-order valence-electron chi connectivity index (χ4n) is 5.99. The zero-order chi connectivity index (χ0) is 30.0. The van der Waals surface area contributed by atoms with Crippen molar-refractivity contribution >= 4 is 11.0 Å². The Morgan fingerprint density at radius 2 is 1.98 bits per heavy atom. The highest BCUT2D eigenvalue weighted by Crippen LogP contribution is 2.39. The van der Waals surface area contributed by atoms with Gasteiger partial charge in [0.2, 0.25) is 11.7 Å². The summed E-state index contributed by atoms with van der Waals surface area (Å²) in [5.74, 6) is -1.40. The molecule has 4 aromatic heterocycles. The Morgan fingerprint density at radius 1 is 1.16 bits per heavy atom. The van der Waals surface area contributed by atoms with Gasteiger partial charge in [-0.2, -0.15) is 28.5 Å². The van der Waals surface area contributed by atoms with Gasteiger partial charge in [-0.1, -0.05) is 0 Å². The predicted molar refractivity (Wildman–Crippen MR) is 146 cm³/mol. The number of nitrogens with one attached hydrogen (secondary N) is 2. The van der Waals surface area contributed by atoms with Crippen LogP contribution >= 0.6 is 0 Å². The topological polar surface area (TPSA) is 133 Å². The molecule has 0 bridgehead atoms. The van der Waals surface area contributed by atoms with Crippen molar-refractivity contribution in [3.63, 3.8) is 0 Å². The second-order valence-electron chi connectivity index (χ2n) is 11.0. The molecule has 1 saturated heterocycles. The van der Waals surface area contributed by atoms with E-state index in [0.29, 0.717) is 32.4 Å². The lowest BCUT2D eigenvalue weighted by atomic mass is 9.82. The number of ether oxygens (including phenoxy) is 1. The minimum atomic E-state index is -4.72. The van der Waals surface area contributed by atoms with Crippen LogP contribution in [0.4, 0.5) is 17.6 Å². The average Bonchev–Trinajstić information content (AvgIpc) is 3.65. The summed E-state index contributed by atoms with van der Waals surface area (Å²) in [7, 11) is 0. The van der Waals surface area contributed by atoms with Crippen LogP contribution in [0.3, 0.4) is 0 Å². The van der Waals surface area contributed by atoms with E-state index in [0.717, 1.165) is 35.1 Å². The van der Waals surface area contributed by atoms with Gasteiger partial charge in [-0.3, -0.25) is 9.58 Å². The molecule has 11 nitrogen and oxygen atoms in total. The van der Waals surface area contributed by atoms with Gasteiger partial charge in [0.25, 0.3) is 0 Å². The van der Waals surface area contributed by atoms with Crippen LogP contribution in [0.2, 0.25) is 0 Å². The third-order valence-electron chi connectivity index (χ3n) is 8.13. The van der Waals surface area contributed by atoms with Gasteiger partial charge in [0.05, 0.1) is 30.1 Å². The van der Waals surface area contributed by atoms with E-state index in [1.54, 1.807) is 6.20 Å². The number of nitrogens with zero attached hydrogens (tertiary/aromatic N) is 8. The number of hydrogen-bond donors (Lipinski definition) is 2. The third kappa shape index (κ3) is 6.02. The van der Waals surface area contributed by atoms with Crippen molar-refractivity contribution in [2.45, 2.75) is 62.5 Å². The van der Waals surface area contributed by atoms with Gasteiger partial charge in [0.15, 0.2) is 0 Å². The molecule has 0 spiro atoms. The average molecular weight is 599 g/mol. The fraction of sp³-hybridized carbons (Fsp3) is 0.500. The second kappa shape index (κ2) is 11.8. The molecule has 0 aromatic carbocycles. The molecule has 1 aliphatic carbocycles. The van der Waals surface area contributed by atoms with Gasteiger partial charge in [0, 0.05) is 61.6 Å². The largest absolute Gasteiger partial charge is 0.474 e. The molecule has 2 aliphatic rings. The summed E-state index contributed by atoms with van der Waals surface area (Å²) in [6.07, 6.45) is 5.22. The minimum Gasteiger partial charge on any atom is -0.474 e. The molecule has 0 unspecified atom stereocenters. The zero-order valence-electron chi connectivity index (χ0n) is 23.2. The third-order valence-corrected chi connectivity index (χ3v) is 8.13. The summed E-state index contributed by atoms with van der Waals surface area (Å²) < 4.78 is 60.3. The van der Waals surface area contributed by atoms with E-state index in [1.807, 2.05) is 23.1 Å². The van der Waals surface area contributed by atoms with Crippen molar-refractivity contribution in [2.24, 2.45) is 0 Å². The van der Waals surface area contributed by atoms with Crippen LogP contribution in [0.25, 0.3) is 22.3 Å². The minimum absolute atomic E-state index is 0.0122. The molecule has 1 saturated carbocycles. The number of aromatic nitrogens is 7. The highest BCUT2D eigenvalue weighted by atomic mass is 19.4. The summed E-state index contributed by atoms with van der Waals surface area (Å²) >= 11 is 0. The number of halogens is 4. The van der Waals surface area contributed by atoms with Crippen molar-refractivity contribution in [1.29, 1.82) is 5.26 Å². The Kier molecular flexibility index (Phi) is 7.97. The Bertz CT molecular complexity index is 1600. The maximum absolute atomic E-state index is 13.4. The number of H-pyrrole nitrogens is 1. The van der Waals surface area contributed by atoms with E-state index in [-0.39, 0.29) is 36.8 Å². The van der Waals surface area contributed by atoms with Gasteiger partial charge >= 0.3 is 6.18 Å². The Hall–Kier alpha value is -4.16. The lowest BCUT2D eigenvalue weighted by molar-refractivity contribution is -0.145. The SMILES string of the molecule is N#CCC1(n2cc(-c3ncnc4[nH]ccc34)cn2)CN(C2CCC(Oc3cc(CNCCF)nc(C(F)(F)F)n3)CC2)C1. The summed E-state index contributed by atoms with van der Waals surface area (Å²) in [6, 6.07) is 5.88. The molecule has 2 fully saturated rings. The van der Waals surface area contributed by atoms with Gasteiger partial charge in [-0.05, 0) is 31.7 Å². The van der Waals surface area contributed by atoms with Crippen molar-refractivity contribution in [1.82, 2.24) is 44.9 Å². The number of hydrogen-bond acceptors (Lipinski definition) is 9. The number of nitriles is 1. The van der Waals surface area contributed by atoms with Crippen LogP contribution in [0.1, 0.15) is 43.6 Å². The highest BCUT2D eigenvalue weighted by molar-refractivity contribution is 5.90. The molecule has 1 aliphatic heterocycles. The first-order valence-corrected chi connectivity index (χ1v) is 14.1. The molecule has 43 heavy (non-hydrogen) atoms. The molecule has 0 atom stereocenters. The number of fused-ring (bicyclic) bond motifs is 1. The quantitative estimate of drug-likeness (QED) is 0.205. The highest BCUT2D eigenvalue weighted by Gasteiger charge is 2.48.